The van der Waals surface area contributed by atoms with Gasteiger partial charge in [-0.1, -0.05) is 19.9 Å². The number of ether oxygens (including phenoxy) is 1. The van der Waals surface area contributed by atoms with Gasteiger partial charge in [-0.2, -0.15) is 0 Å². The molecule has 0 N–H and O–H groups in total. The highest BCUT2D eigenvalue weighted by Crippen LogP contribution is 1.87. The zero-order chi connectivity index (χ0) is 14.1. The number of aliphatic imine (C=N–C) groups is 1. The molecule has 102 valence electrons. The van der Waals surface area contributed by atoms with Crippen molar-refractivity contribution in [2.24, 2.45) is 4.99 Å². The van der Waals surface area contributed by atoms with E-state index in [0.29, 0.717) is 6.42 Å². The Morgan fingerprint density at radius 1 is 1.29 bits per heavy atom. The van der Waals surface area contributed by atoms with E-state index in [-0.39, 0.29) is 0 Å². The lowest BCUT2D eigenvalue weighted by molar-refractivity contribution is -0.106. The van der Waals surface area contributed by atoms with Gasteiger partial charge in [0.25, 0.3) is 0 Å². The molecule has 0 aliphatic heterocycles. The third-order valence-corrected chi connectivity index (χ3v) is 1.36. The number of aldehydes is 1. The van der Waals surface area contributed by atoms with E-state index in [4.69, 9.17) is 0 Å². The number of methoxy groups -OCH3 is 1. The summed E-state index contributed by atoms with van der Waals surface area (Å²) in [6, 6.07) is 0. The predicted molar refractivity (Wildman–Crippen MR) is 76.0 cm³/mol. The number of carbonyl (C=O) groups excluding carboxylic acids is 1. The smallest absolute Gasteiger partial charge is 0.125 e. The predicted octanol–water partition coefficient (Wildman–Crippen LogP) is 2.05. The number of hydrogen-bond acceptors (Lipinski definition) is 4. The molecule has 0 unspecified atom stereocenters. The molecule has 0 atom stereocenters. The molecule has 4 nitrogen and oxygen atoms in total. The number of carbonyl (C=O) groups is 1. The van der Waals surface area contributed by atoms with Gasteiger partial charge in [0.2, 0.25) is 0 Å². The van der Waals surface area contributed by atoms with Gasteiger partial charge in [-0.3, -0.25) is 4.99 Å². The summed E-state index contributed by atoms with van der Waals surface area (Å²) in [5, 5.41) is 0. The first kappa shape index (κ1) is 21.3. The van der Waals surface area contributed by atoms with Gasteiger partial charge in [-0.05, 0) is 20.2 Å². The molecule has 0 rings (SSSR count). The van der Waals surface area contributed by atoms with Crippen molar-refractivity contribution in [2.45, 2.75) is 20.3 Å². The fraction of sp³-hybridized carbons (Fsp3) is 0.692. The zero-order valence-corrected chi connectivity index (χ0v) is 12.4. The van der Waals surface area contributed by atoms with Gasteiger partial charge < -0.3 is 14.4 Å². The molecule has 0 radical (unpaired) electrons. The average molecular weight is 244 g/mol. The molecule has 0 aromatic heterocycles. The van der Waals surface area contributed by atoms with Crippen LogP contribution in [0, 0.1) is 0 Å². The Hall–Kier alpha value is -1.00. The van der Waals surface area contributed by atoms with Crippen LogP contribution in [0.2, 0.25) is 0 Å². The van der Waals surface area contributed by atoms with Crippen LogP contribution in [0.3, 0.4) is 0 Å². The van der Waals surface area contributed by atoms with Crippen LogP contribution < -0.4 is 0 Å². The fourth-order valence-corrected chi connectivity index (χ4v) is 0.719. The molecule has 0 aromatic rings. The van der Waals surface area contributed by atoms with Gasteiger partial charge in [0.1, 0.15) is 6.29 Å². The van der Waals surface area contributed by atoms with Gasteiger partial charge in [0.05, 0.1) is 0 Å². The summed E-state index contributed by atoms with van der Waals surface area (Å²) in [7, 11) is 8.93. The largest absolute Gasteiger partial charge is 0.388 e. The molecular formula is C13H28N2O2. The highest BCUT2D eigenvalue weighted by molar-refractivity contribution is 6.01. The van der Waals surface area contributed by atoms with Crippen molar-refractivity contribution in [3.63, 3.8) is 0 Å². The van der Waals surface area contributed by atoms with Gasteiger partial charge in [0.15, 0.2) is 0 Å². The topological polar surface area (TPSA) is 41.9 Å². The summed E-state index contributed by atoms with van der Waals surface area (Å²) in [4.78, 5) is 16.1. The Morgan fingerprint density at radius 2 is 1.76 bits per heavy atom. The molecule has 0 heterocycles. The molecule has 0 fully saturated rings. The van der Waals surface area contributed by atoms with Crippen LogP contribution in [-0.2, 0) is 9.53 Å². The maximum absolute atomic E-state index is 10.1. The van der Waals surface area contributed by atoms with Crippen molar-refractivity contribution in [3.8, 4) is 0 Å². The lowest BCUT2D eigenvalue weighted by Gasteiger charge is -2.03. The Kier molecular flexibility index (Phi) is 25.6. The van der Waals surface area contributed by atoms with Crippen LogP contribution in [0.15, 0.2) is 17.1 Å². The molecule has 17 heavy (non-hydrogen) atoms. The third kappa shape index (κ3) is 25.4. The minimum Gasteiger partial charge on any atom is -0.388 e. The van der Waals surface area contributed by atoms with Crippen molar-refractivity contribution in [2.75, 3.05) is 41.9 Å². The third-order valence-electron chi connectivity index (χ3n) is 1.36. The van der Waals surface area contributed by atoms with Gasteiger partial charge >= 0.3 is 0 Å². The van der Waals surface area contributed by atoms with Gasteiger partial charge in [-0.15, -0.1) is 0 Å². The molecule has 0 saturated heterocycles. The first-order chi connectivity index (χ1) is 8.12. The van der Waals surface area contributed by atoms with E-state index in [1.54, 1.807) is 21.3 Å². The number of likely N-dealkylation sites (N-methyl/N-ethyl adjacent to an activating group) is 1. The number of allylic oxidation sites excluding steroid dienone is 1. The minimum atomic E-state index is 0.403. The molecule has 0 aromatic carbocycles. The van der Waals surface area contributed by atoms with Gasteiger partial charge in [0, 0.05) is 39.9 Å². The SMILES string of the molecule is CC.CN=C(/C=C\CN(C)C)CC=O.COC. The second-order valence-corrected chi connectivity index (χ2v) is 3.16. The minimum absolute atomic E-state index is 0.403. The second-order valence-electron chi connectivity index (χ2n) is 3.16. The number of nitrogens with zero attached hydrogens (tertiary/aromatic N) is 2. The molecule has 0 aliphatic rings. The first-order valence-electron chi connectivity index (χ1n) is 5.73. The van der Waals surface area contributed by atoms with E-state index >= 15 is 0 Å². The van der Waals surface area contributed by atoms with Crippen LogP contribution in [0.4, 0.5) is 0 Å². The number of hydrogen-bond donors (Lipinski definition) is 0. The molecule has 0 spiro atoms. The summed E-state index contributed by atoms with van der Waals surface area (Å²) >= 11 is 0. The molecule has 4 heteroatoms. The van der Waals surface area contributed by atoms with Crippen molar-refractivity contribution in [1.29, 1.82) is 0 Å². The van der Waals surface area contributed by atoms with Crippen molar-refractivity contribution in [3.05, 3.63) is 12.2 Å². The Balaban J connectivity index is -0.000000337. The van der Waals surface area contributed by atoms with Crippen LogP contribution in [-0.4, -0.2) is 58.8 Å². The van der Waals surface area contributed by atoms with Crippen LogP contribution in [0.1, 0.15) is 20.3 Å². The van der Waals surface area contributed by atoms with E-state index in [9.17, 15) is 4.79 Å². The summed E-state index contributed by atoms with van der Waals surface area (Å²) in [6.07, 6.45) is 5.14. The quantitative estimate of drug-likeness (QED) is 0.549. The second kappa shape index (κ2) is 20.4. The summed E-state index contributed by atoms with van der Waals surface area (Å²) in [5.74, 6) is 0. The molecule has 0 amide bonds. The average Bonchev–Trinajstić information content (AvgIpc) is 2.31. The number of rotatable bonds is 5. The maximum atomic E-state index is 10.1. The highest BCUT2D eigenvalue weighted by atomic mass is 16.4. The van der Waals surface area contributed by atoms with Crippen molar-refractivity contribution < 1.29 is 9.53 Å². The van der Waals surface area contributed by atoms with Crippen LogP contribution >= 0.6 is 0 Å². The lowest BCUT2D eigenvalue weighted by atomic mass is 10.2. The Morgan fingerprint density at radius 3 is 2.06 bits per heavy atom. The fourth-order valence-electron chi connectivity index (χ4n) is 0.719. The highest BCUT2D eigenvalue weighted by Gasteiger charge is 1.90. The molecule has 0 saturated carbocycles. The normalized spacial score (nSPS) is 10.5. The Bertz CT molecular complexity index is 200. The summed E-state index contributed by atoms with van der Waals surface area (Å²) in [6.45, 7) is 4.87. The van der Waals surface area contributed by atoms with E-state index in [0.717, 1.165) is 18.5 Å². The lowest BCUT2D eigenvalue weighted by Crippen LogP contribution is -2.11. The molecule has 0 aliphatic carbocycles. The van der Waals surface area contributed by atoms with Crippen molar-refractivity contribution in [1.82, 2.24) is 4.90 Å². The monoisotopic (exact) mass is 244 g/mol. The Labute approximate surface area is 106 Å². The van der Waals surface area contributed by atoms with Gasteiger partial charge in [-0.25, -0.2) is 0 Å². The summed E-state index contributed by atoms with van der Waals surface area (Å²) in [5.41, 5.74) is 0.826. The van der Waals surface area contributed by atoms with Crippen LogP contribution in [0.25, 0.3) is 0 Å². The molecular weight excluding hydrogens is 216 g/mol. The van der Waals surface area contributed by atoms with E-state index in [1.807, 2.05) is 45.0 Å². The first-order valence-corrected chi connectivity index (χ1v) is 5.73. The summed E-state index contributed by atoms with van der Waals surface area (Å²) < 4.78 is 4.25. The maximum Gasteiger partial charge on any atom is 0.125 e. The van der Waals surface area contributed by atoms with Crippen LogP contribution in [0.5, 0.6) is 0 Å². The zero-order valence-electron chi connectivity index (χ0n) is 12.4. The van der Waals surface area contributed by atoms with Crippen molar-refractivity contribution >= 4 is 12.0 Å². The van der Waals surface area contributed by atoms with E-state index in [2.05, 4.69) is 9.73 Å². The van der Waals surface area contributed by atoms with E-state index < -0.39 is 0 Å². The molecule has 0 bridgehead atoms. The standard InChI is InChI=1S/C9H16N2O.C2H6O.C2H6/c1-10-9(6-8-12)5-4-7-11(2)3;1-3-2;1-2/h4-5,8H,6-7H2,1-3H3;1-2H3;1-2H3/b5-4-,10-9?;;. The van der Waals surface area contributed by atoms with E-state index in [1.165, 1.54) is 0 Å².